The molecule has 0 aromatic heterocycles. The fourth-order valence-electron chi connectivity index (χ4n) is 1.72. The third-order valence-corrected chi connectivity index (χ3v) is 2.90. The molecule has 0 fully saturated rings. The largest absolute Gasteiger partial charge is 0.481 e. The summed E-state index contributed by atoms with van der Waals surface area (Å²) in [6.07, 6.45) is 0.753. The second kappa shape index (κ2) is 7.87. The van der Waals surface area contributed by atoms with E-state index in [0.717, 1.165) is 6.42 Å². The number of amides is 3. The first-order chi connectivity index (χ1) is 9.03. The number of carbonyl (C=O) groups is 3. The number of carboxylic acid groups (broad SMARTS) is 1. The summed E-state index contributed by atoms with van der Waals surface area (Å²) >= 11 is 0. The lowest BCUT2D eigenvalue weighted by molar-refractivity contribution is -0.139. The van der Waals surface area contributed by atoms with E-state index in [2.05, 4.69) is 19.2 Å². The van der Waals surface area contributed by atoms with E-state index < -0.39 is 23.3 Å². The number of carboxylic acids is 1. The first-order valence-electron chi connectivity index (χ1n) is 6.80. The quantitative estimate of drug-likeness (QED) is 0.750. The SMILES string of the molecule is CC(C)CCN(C)C(=O)NC(=O)CC(C)(C)CC(=O)O. The first kappa shape index (κ1) is 18.4. The molecular formula is C14H26N2O4. The third kappa shape index (κ3) is 8.50. The van der Waals surface area contributed by atoms with Crippen LogP contribution in [0.25, 0.3) is 0 Å². The zero-order chi connectivity index (χ0) is 15.9. The van der Waals surface area contributed by atoms with Crippen molar-refractivity contribution in [2.45, 2.75) is 47.0 Å². The van der Waals surface area contributed by atoms with Crippen molar-refractivity contribution in [2.24, 2.45) is 11.3 Å². The summed E-state index contributed by atoms with van der Waals surface area (Å²) in [6, 6.07) is -0.443. The van der Waals surface area contributed by atoms with E-state index in [1.807, 2.05) is 0 Å². The highest BCUT2D eigenvalue weighted by Crippen LogP contribution is 2.24. The fourth-order valence-corrected chi connectivity index (χ4v) is 1.72. The standard InChI is InChI=1S/C14H26N2O4/c1-10(2)6-7-16(5)13(20)15-11(17)8-14(3,4)9-12(18)19/h10H,6-9H2,1-5H3,(H,18,19)(H,15,17,20). The number of carbonyl (C=O) groups excluding carboxylic acids is 2. The van der Waals surface area contributed by atoms with E-state index in [0.29, 0.717) is 12.5 Å². The van der Waals surface area contributed by atoms with Crippen LogP contribution in [-0.4, -0.2) is 41.5 Å². The van der Waals surface area contributed by atoms with Crippen LogP contribution in [-0.2, 0) is 9.59 Å². The van der Waals surface area contributed by atoms with Gasteiger partial charge in [-0.15, -0.1) is 0 Å². The van der Waals surface area contributed by atoms with Crippen molar-refractivity contribution in [2.75, 3.05) is 13.6 Å². The van der Waals surface area contributed by atoms with E-state index in [9.17, 15) is 14.4 Å². The maximum atomic E-state index is 11.8. The fraction of sp³-hybridized carbons (Fsp3) is 0.786. The van der Waals surface area contributed by atoms with Crippen LogP contribution in [0, 0.1) is 11.3 Å². The molecule has 3 amide bonds. The maximum Gasteiger partial charge on any atom is 0.323 e. The number of hydrogen-bond acceptors (Lipinski definition) is 3. The number of hydrogen-bond donors (Lipinski definition) is 2. The number of imide groups is 1. The van der Waals surface area contributed by atoms with Gasteiger partial charge in [0.25, 0.3) is 0 Å². The average molecular weight is 286 g/mol. The smallest absolute Gasteiger partial charge is 0.323 e. The topological polar surface area (TPSA) is 86.7 Å². The molecule has 0 aromatic carbocycles. The minimum absolute atomic E-state index is 0.00304. The molecule has 0 spiro atoms. The molecular weight excluding hydrogens is 260 g/mol. The van der Waals surface area contributed by atoms with Crippen molar-refractivity contribution >= 4 is 17.9 Å². The van der Waals surface area contributed by atoms with Gasteiger partial charge < -0.3 is 10.0 Å². The lowest BCUT2D eigenvalue weighted by Crippen LogP contribution is -2.42. The molecule has 6 heteroatoms. The molecule has 0 unspecified atom stereocenters. The molecule has 0 atom stereocenters. The Hall–Kier alpha value is -1.59. The zero-order valence-corrected chi connectivity index (χ0v) is 13.0. The summed E-state index contributed by atoms with van der Waals surface area (Å²) in [4.78, 5) is 35.6. The van der Waals surface area contributed by atoms with E-state index in [1.54, 1.807) is 20.9 Å². The van der Waals surface area contributed by atoms with Gasteiger partial charge in [0.15, 0.2) is 0 Å². The first-order valence-corrected chi connectivity index (χ1v) is 6.80. The predicted molar refractivity (Wildman–Crippen MR) is 76.3 cm³/mol. The third-order valence-electron chi connectivity index (χ3n) is 2.90. The molecule has 0 saturated heterocycles. The summed E-state index contributed by atoms with van der Waals surface area (Å²) in [5.41, 5.74) is -0.674. The molecule has 0 aliphatic rings. The van der Waals surface area contributed by atoms with E-state index in [1.165, 1.54) is 4.90 Å². The van der Waals surface area contributed by atoms with Crippen LogP contribution in [0.2, 0.25) is 0 Å². The number of urea groups is 1. The Labute approximate surface area is 120 Å². The Kier molecular flexibility index (Phi) is 7.24. The summed E-state index contributed by atoms with van der Waals surface area (Å²) in [7, 11) is 1.63. The van der Waals surface area contributed by atoms with Crippen LogP contribution >= 0.6 is 0 Å². The monoisotopic (exact) mass is 286 g/mol. The summed E-state index contributed by atoms with van der Waals surface area (Å²) in [6.45, 7) is 8.08. The van der Waals surface area contributed by atoms with E-state index in [4.69, 9.17) is 5.11 Å². The van der Waals surface area contributed by atoms with Crippen molar-refractivity contribution < 1.29 is 19.5 Å². The van der Waals surface area contributed by atoms with E-state index >= 15 is 0 Å². The van der Waals surface area contributed by atoms with Gasteiger partial charge in [0, 0.05) is 20.0 Å². The van der Waals surface area contributed by atoms with Crippen molar-refractivity contribution in [3.63, 3.8) is 0 Å². The van der Waals surface area contributed by atoms with Gasteiger partial charge in [-0.1, -0.05) is 27.7 Å². The highest BCUT2D eigenvalue weighted by molar-refractivity contribution is 5.94. The molecule has 0 saturated carbocycles. The maximum absolute atomic E-state index is 11.8. The second-order valence-corrected chi connectivity index (χ2v) is 6.37. The Morgan fingerprint density at radius 1 is 1.20 bits per heavy atom. The van der Waals surface area contributed by atoms with Gasteiger partial charge in [-0.2, -0.15) is 0 Å². The molecule has 2 N–H and O–H groups in total. The predicted octanol–water partition coefficient (Wildman–Crippen LogP) is 2.09. The molecule has 0 aliphatic carbocycles. The van der Waals surface area contributed by atoms with Crippen LogP contribution in [0.3, 0.4) is 0 Å². The van der Waals surface area contributed by atoms with Crippen molar-refractivity contribution in [3.8, 4) is 0 Å². The van der Waals surface area contributed by atoms with Crippen molar-refractivity contribution in [3.05, 3.63) is 0 Å². The van der Waals surface area contributed by atoms with E-state index in [-0.39, 0.29) is 12.8 Å². The van der Waals surface area contributed by atoms with Crippen LogP contribution in [0.5, 0.6) is 0 Å². The van der Waals surface area contributed by atoms with Crippen LogP contribution in [0.1, 0.15) is 47.0 Å². The van der Waals surface area contributed by atoms with Crippen molar-refractivity contribution in [1.29, 1.82) is 0 Å². The van der Waals surface area contributed by atoms with Crippen LogP contribution in [0.15, 0.2) is 0 Å². The normalized spacial score (nSPS) is 11.3. The second-order valence-electron chi connectivity index (χ2n) is 6.37. The molecule has 0 bridgehead atoms. The Morgan fingerprint density at radius 3 is 2.20 bits per heavy atom. The Bertz CT molecular complexity index is 364. The Morgan fingerprint density at radius 2 is 1.75 bits per heavy atom. The van der Waals surface area contributed by atoms with Gasteiger partial charge in [0.05, 0.1) is 6.42 Å². The van der Waals surface area contributed by atoms with Crippen molar-refractivity contribution in [1.82, 2.24) is 10.2 Å². The van der Waals surface area contributed by atoms with Gasteiger partial charge in [-0.25, -0.2) is 4.79 Å². The molecule has 0 heterocycles. The molecule has 0 rings (SSSR count). The zero-order valence-electron chi connectivity index (χ0n) is 13.0. The van der Waals surface area contributed by atoms with Gasteiger partial charge in [0.1, 0.15) is 0 Å². The number of nitrogens with one attached hydrogen (secondary N) is 1. The minimum atomic E-state index is -0.955. The van der Waals surface area contributed by atoms with Gasteiger partial charge in [0.2, 0.25) is 5.91 Å². The summed E-state index contributed by atoms with van der Waals surface area (Å²) < 4.78 is 0. The molecule has 6 nitrogen and oxygen atoms in total. The van der Waals surface area contributed by atoms with Gasteiger partial charge in [-0.05, 0) is 17.8 Å². The van der Waals surface area contributed by atoms with Gasteiger partial charge >= 0.3 is 12.0 Å². The molecule has 0 aliphatic heterocycles. The Balaban J connectivity index is 4.25. The van der Waals surface area contributed by atoms with Gasteiger partial charge in [-0.3, -0.25) is 14.9 Å². The summed E-state index contributed by atoms with van der Waals surface area (Å²) in [5.74, 6) is -0.920. The van der Waals surface area contributed by atoms with Crippen LogP contribution < -0.4 is 5.32 Å². The lowest BCUT2D eigenvalue weighted by Gasteiger charge is -2.23. The minimum Gasteiger partial charge on any atom is -0.481 e. The molecule has 0 radical (unpaired) electrons. The number of rotatable bonds is 7. The number of aliphatic carboxylic acids is 1. The molecule has 20 heavy (non-hydrogen) atoms. The highest BCUT2D eigenvalue weighted by Gasteiger charge is 2.26. The lowest BCUT2D eigenvalue weighted by atomic mass is 9.85. The molecule has 0 aromatic rings. The summed E-state index contributed by atoms with van der Waals surface area (Å²) in [5, 5.41) is 11.0. The number of nitrogens with zero attached hydrogens (tertiary/aromatic N) is 1. The molecule has 116 valence electrons. The average Bonchev–Trinajstić information content (AvgIpc) is 2.22. The highest BCUT2D eigenvalue weighted by atomic mass is 16.4. The van der Waals surface area contributed by atoms with Crippen LogP contribution in [0.4, 0.5) is 4.79 Å².